The third kappa shape index (κ3) is 3.21. The van der Waals surface area contributed by atoms with Gasteiger partial charge >= 0.3 is 0 Å². The van der Waals surface area contributed by atoms with Crippen molar-refractivity contribution in [1.29, 1.82) is 0 Å². The molecule has 7 heteroatoms. The molecule has 2 rings (SSSR count). The van der Waals surface area contributed by atoms with E-state index in [4.69, 9.17) is 0 Å². The number of anilines is 1. The zero-order valence-corrected chi connectivity index (χ0v) is 12.7. The summed E-state index contributed by atoms with van der Waals surface area (Å²) in [4.78, 5) is 4.12. The summed E-state index contributed by atoms with van der Waals surface area (Å²) >= 11 is 1.73. The van der Waals surface area contributed by atoms with Crippen molar-refractivity contribution in [1.82, 2.24) is 9.71 Å². The number of thioether (sulfide) groups is 1. The molecule has 0 aliphatic heterocycles. The van der Waals surface area contributed by atoms with E-state index in [-0.39, 0.29) is 10.9 Å². The van der Waals surface area contributed by atoms with Gasteiger partial charge in [-0.05, 0) is 25.2 Å². The highest BCUT2D eigenvalue weighted by molar-refractivity contribution is 7.99. The first-order valence-corrected chi connectivity index (χ1v) is 9.02. The normalized spacial score (nSPS) is 23.5. The Balaban J connectivity index is 2.23. The van der Waals surface area contributed by atoms with E-state index in [1.54, 1.807) is 31.1 Å². The molecule has 1 aliphatic carbocycles. The van der Waals surface area contributed by atoms with E-state index in [0.29, 0.717) is 10.9 Å². The highest BCUT2D eigenvalue weighted by Gasteiger charge is 2.31. The van der Waals surface area contributed by atoms with Gasteiger partial charge in [-0.15, -0.1) is 0 Å². The van der Waals surface area contributed by atoms with E-state index in [1.807, 2.05) is 6.26 Å². The van der Waals surface area contributed by atoms with Gasteiger partial charge in [0.15, 0.2) is 0 Å². The van der Waals surface area contributed by atoms with Gasteiger partial charge in [-0.1, -0.05) is 6.42 Å². The standard InChI is InChI=1S/C12H19N3O2S2/c1-13-10-6-7-14-8-12(10)19(16,17)15-9-4-3-5-11(9)18-2/h6-9,11,15H,3-5H2,1-2H3,(H,13,14). The summed E-state index contributed by atoms with van der Waals surface area (Å²) in [5, 5.41) is 3.25. The van der Waals surface area contributed by atoms with Crippen molar-refractivity contribution in [2.75, 3.05) is 18.6 Å². The average molecular weight is 301 g/mol. The second-order valence-electron chi connectivity index (χ2n) is 4.55. The molecule has 1 aromatic heterocycles. The van der Waals surface area contributed by atoms with Crippen molar-refractivity contribution < 1.29 is 8.42 Å². The molecular formula is C12H19N3O2S2. The minimum Gasteiger partial charge on any atom is -0.387 e. The third-order valence-corrected chi connectivity index (χ3v) is 6.09. The van der Waals surface area contributed by atoms with Crippen molar-refractivity contribution in [3.05, 3.63) is 18.5 Å². The number of sulfonamides is 1. The van der Waals surface area contributed by atoms with Crippen molar-refractivity contribution in [2.45, 2.75) is 35.4 Å². The molecule has 2 N–H and O–H groups in total. The Bertz CT molecular complexity index is 534. The predicted molar refractivity (Wildman–Crippen MR) is 79.0 cm³/mol. The van der Waals surface area contributed by atoms with Crippen molar-refractivity contribution in [3.63, 3.8) is 0 Å². The van der Waals surface area contributed by atoms with Crippen molar-refractivity contribution in [3.8, 4) is 0 Å². The number of hydrogen-bond acceptors (Lipinski definition) is 5. The highest BCUT2D eigenvalue weighted by atomic mass is 32.2. The number of rotatable bonds is 5. The van der Waals surface area contributed by atoms with E-state index in [9.17, 15) is 8.42 Å². The molecule has 2 atom stereocenters. The molecule has 0 bridgehead atoms. The summed E-state index contributed by atoms with van der Waals surface area (Å²) in [6.07, 6.45) is 8.04. The fraction of sp³-hybridized carbons (Fsp3) is 0.583. The van der Waals surface area contributed by atoms with Gasteiger partial charge in [0.05, 0.1) is 5.69 Å². The predicted octanol–water partition coefficient (Wildman–Crippen LogP) is 1.69. The lowest BCUT2D eigenvalue weighted by atomic mass is 10.3. The van der Waals surface area contributed by atoms with Crippen LogP contribution < -0.4 is 10.0 Å². The van der Waals surface area contributed by atoms with Crippen LogP contribution in [0.1, 0.15) is 19.3 Å². The quantitative estimate of drug-likeness (QED) is 0.866. The molecule has 0 aromatic carbocycles. The molecule has 19 heavy (non-hydrogen) atoms. The number of aromatic nitrogens is 1. The number of nitrogens with zero attached hydrogens (tertiary/aromatic N) is 1. The minimum absolute atomic E-state index is 0.0184. The monoisotopic (exact) mass is 301 g/mol. The smallest absolute Gasteiger partial charge is 0.244 e. The van der Waals surface area contributed by atoms with Crippen LogP contribution in [0.5, 0.6) is 0 Å². The topological polar surface area (TPSA) is 71.1 Å². The Labute approximate surface area is 118 Å². The van der Waals surface area contributed by atoms with Crippen LogP contribution >= 0.6 is 11.8 Å². The molecule has 5 nitrogen and oxygen atoms in total. The van der Waals surface area contributed by atoms with Gasteiger partial charge in [0, 0.05) is 30.7 Å². The molecular weight excluding hydrogens is 282 g/mol. The van der Waals surface area contributed by atoms with E-state index >= 15 is 0 Å². The first kappa shape index (κ1) is 14.6. The van der Waals surface area contributed by atoms with Crippen LogP contribution in [0.15, 0.2) is 23.4 Å². The minimum atomic E-state index is -3.52. The lowest BCUT2D eigenvalue weighted by molar-refractivity contribution is 0.555. The van der Waals surface area contributed by atoms with Crippen LogP contribution in [0.25, 0.3) is 0 Å². The van der Waals surface area contributed by atoms with Gasteiger partial charge in [0.2, 0.25) is 10.0 Å². The second-order valence-corrected chi connectivity index (χ2v) is 7.31. The van der Waals surface area contributed by atoms with Gasteiger partial charge in [-0.3, -0.25) is 4.98 Å². The van der Waals surface area contributed by atoms with Crippen LogP contribution in [0.3, 0.4) is 0 Å². The van der Waals surface area contributed by atoms with Gasteiger partial charge in [0.1, 0.15) is 4.90 Å². The Morgan fingerprint density at radius 3 is 2.89 bits per heavy atom. The maximum Gasteiger partial charge on any atom is 0.244 e. The van der Waals surface area contributed by atoms with Crippen LogP contribution in [0.2, 0.25) is 0 Å². The van der Waals surface area contributed by atoms with Gasteiger partial charge in [0.25, 0.3) is 0 Å². The lowest BCUT2D eigenvalue weighted by Crippen LogP contribution is -2.38. The summed E-state index contributed by atoms with van der Waals surface area (Å²) in [5.74, 6) is 0. The maximum atomic E-state index is 12.4. The first-order valence-electron chi connectivity index (χ1n) is 6.25. The molecule has 1 heterocycles. The molecule has 1 aromatic rings. The highest BCUT2D eigenvalue weighted by Crippen LogP contribution is 2.30. The molecule has 106 valence electrons. The molecule has 0 spiro atoms. The maximum absolute atomic E-state index is 12.4. The van der Waals surface area contributed by atoms with E-state index in [2.05, 4.69) is 15.0 Å². The number of nitrogens with one attached hydrogen (secondary N) is 2. The Morgan fingerprint density at radius 2 is 2.21 bits per heavy atom. The van der Waals surface area contributed by atoms with E-state index in [0.717, 1.165) is 19.3 Å². The van der Waals surface area contributed by atoms with Crippen LogP contribution in [0.4, 0.5) is 5.69 Å². The second kappa shape index (κ2) is 6.11. The molecule has 0 radical (unpaired) electrons. The zero-order chi connectivity index (χ0) is 13.9. The zero-order valence-electron chi connectivity index (χ0n) is 11.1. The fourth-order valence-corrected chi connectivity index (χ4v) is 4.89. The fourth-order valence-electron chi connectivity index (χ4n) is 2.41. The van der Waals surface area contributed by atoms with Crippen molar-refractivity contribution in [2.24, 2.45) is 0 Å². The Kier molecular flexibility index (Phi) is 4.70. The van der Waals surface area contributed by atoms with E-state index < -0.39 is 10.0 Å². The molecule has 1 fully saturated rings. The molecule has 1 aliphatic rings. The number of hydrogen-bond donors (Lipinski definition) is 2. The van der Waals surface area contributed by atoms with Crippen LogP contribution in [0, 0.1) is 0 Å². The Hall–Kier alpha value is -0.790. The van der Waals surface area contributed by atoms with Gasteiger partial charge < -0.3 is 5.32 Å². The molecule has 0 amide bonds. The molecule has 0 saturated heterocycles. The largest absolute Gasteiger partial charge is 0.387 e. The van der Waals surface area contributed by atoms with Crippen LogP contribution in [-0.2, 0) is 10.0 Å². The summed E-state index contributed by atoms with van der Waals surface area (Å²) < 4.78 is 27.7. The lowest BCUT2D eigenvalue weighted by Gasteiger charge is -2.20. The molecule has 2 unspecified atom stereocenters. The first-order chi connectivity index (χ1) is 9.08. The average Bonchev–Trinajstić information content (AvgIpc) is 2.85. The van der Waals surface area contributed by atoms with E-state index in [1.165, 1.54) is 6.20 Å². The molecule has 1 saturated carbocycles. The third-order valence-electron chi connectivity index (χ3n) is 3.41. The SMILES string of the molecule is CNc1ccncc1S(=O)(=O)NC1CCCC1SC. The summed E-state index contributed by atoms with van der Waals surface area (Å²) in [7, 11) is -1.81. The Morgan fingerprint density at radius 1 is 1.42 bits per heavy atom. The van der Waals surface area contributed by atoms with Gasteiger partial charge in [-0.2, -0.15) is 11.8 Å². The van der Waals surface area contributed by atoms with Gasteiger partial charge in [-0.25, -0.2) is 13.1 Å². The van der Waals surface area contributed by atoms with Crippen LogP contribution in [-0.4, -0.2) is 38.0 Å². The summed E-state index contributed by atoms with van der Waals surface area (Å²) in [6, 6.07) is 1.68. The summed E-state index contributed by atoms with van der Waals surface area (Å²) in [6.45, 7) is 0. The number of pyridine rings is 1. The summed E-state index contributed by atoms with van der Waals surface area (Å²) in [5.41, 5.74) is 0.571. The van der Waals surface area contributed by atoms with Crippen molar-refractivity contribution >= 4 is 27.5 Å².